The molecular weight excluding hydrogens is 378 g/mol. The van der Waals surface area contributed by atoms with E-state index in [1.165, 1.54) is 5.56 Å². The minimum absolute atomic E-state index is 0.224. The molecule has 1 saturated heterocycles. The van der Waals surface area contributed by atoms with Crippen LogP contribution in [0, 0.1) is 0 Å². The molecule has 0 amide bonds. The molecule has 0 spiro atoms. The van der Waals surface area contributed by atoms with Gasteiger partial charge in [0.2, 0.25) is 0 Å². The van der Waals surface area contributed by atoms with E-state index >= 15 is 0 Å². The fourth-order valence-corrected chi connectivity index (χ4v) is 4.42. The number of nitrogens with one attached hydrogen (secondary N) is 2. The molecule has 30 heavy (non-hydrogen) atoms. The van der Waals surface area contributed by atoms with Crippen molar-refractivity contribution in [1.82, 2.24) is 19.8 Å². The van der Waals surface area contributed by atoms with Gasteiger partial charge in [0, 0.05) is 79.4 Å². The Hall–Kier alpha value is -2.71. The molecule has 0 aliphatic carbocycles. The third-order valence-corrected chi connectivity index (χ3v) is 6.06. The summed E-state index contributed by atoms with van der Waals surface area (Å²) in [5.74, 6) is 0. The van der Waals surface area contributed by atoms with Gasteiger partial charge in [0.25, 0.3) is 0 Å². The van der Waals surface area contributed by atoms with E-state index in [-0.39, 0.29) is 6.61 Å². The first-order chi connectivity index (χ1) is 14.7. The highest BCUT2D eigenvalue weighted by Crippen LogP contribution is 2.37. The van der Waals surface area contributed by atoms with Crippen LogP contribution in [0.25, 0.3) is 22.7 Å². The van der Waals surface area contributed by atoms with Gasteiger partial charge in [-0.15, -0.1) is 0 Å². The summed E-state index contributed by atoms with van der Waals surface area (Å²) < 4.78 is 0. The fraction of sp³-hybridized carbons (Fsp3) is 0.348. The van der Waals surface area contributed by atoms with Crippen molar-refractivity contribution in [3.05, 3.63) is 59.4 Å². The molecule has 1 atom stereocenters. The number of aliphatic hydroxyl groups excluding tert-OH is 2. The predicted molar refractivity (Wildman–Crippen MR) is 119 cm³/mol. The lowest BCUT2D eigenvalue weighted by Gasteiger charge is -2.34. The zero-order valence-corrected chi connectivity index (χ0v) is 16.9. The van der Waals surface area contributed by atoms with Gasteiger partial charge in [0.05, 0.1) is 6.61 Å². The summed E-state index contributed by atoms with van der Waals surface area (Å²) in [5.41, 5.74) is 6.00. The molecule has 3 aromatic rings. The molecule has 2 aliphatic heterocycles. The second kappa shape index (κ2) is 8.20. The summed E-state index contributed by atoms with van der Waals surface area (Å²) >= 11 is 0. The Morgan fingerprint density at radius 3 is 2.80 bits per heavy atom. The van der Waals surface area contributed by atoms with Gasteiger partial charge < -0.3 is 20.5 Å². The molecule has 1 aromatic carbocycles. The first-order valence-corrected chi connectivity index (χ1v) is 10.5. The molecule has 156 valence electrons. The molecule has 5 rings (SSSR count). The van der Waals surface area contributed by atoms with Crippen LogP contribution in [0.15, 0.2) is 42.7 Å². The van der Waals surface area contributed by atoms with Crippen molar-refractivity contribution in [2.24, 2.45) is 0 Å². The number of hydrogen-bond acceptors (Lipinski definition) is 6. The van der Waals surface area contributed by atoms with Gasteiger partial charge in [-0.05, 0) is 35.9 Å². The topological polar surface area (TPSA) is 87.7 Å². The summed E-state index contributed by atoms with van der Waals surface area (Å²) in [6.07, 6.45) is 5.03. The quantitative estimate of drug-likeness (QED) is 0.519. The zero-order chi connectivity index (χ0) is 20.5. The van der Waals surface area contributed by atoms with E-state index < -0.39 is 6.23 Å². The van der Waals surface area contributed by atoms with Gasteiger partial charge in [0.1, 0.15) is 5.65 Å². The maximum atomic E-state index is 10.6. The smallest absolute Gasteiger partial charge is 0.151 e. The molecule has 1 fully saturated rings. The molecule has 4 N–H and O–H groups in total. The molecule has 4 heterocycles. The van der Waals surface area contributed by atoms with Gasteiger partial charge in [-0.1, -0.05) is 6.07 Å². The highest BCUT2D eigenvalue weighted by Gasteiger charge is 2.25. The molecule has 2 aliphatic rings. The average molecular weight is 406 g/mol. The van der Waals surface area contributed by atoms with Crippen molar-refractivity contribution >= 4 is 28.4 Å². The Kier molecular flexibility index (Phi) is 5.26. The van der Waals surface area contributed by atoms with Crippen molar-refractivity contribution in [3.8, 4) is 0 Å². The number of fused-ring (bicyclic) bond motifs is 2. The first-order valence-electron chi connectivity index (χ1n) is 10.5. The van der Waals surface area contributed by atoms with Crippen LogP contribution in [0.3, 0.4) is 0 Å². The van der Waals surface area contributed by atoms with Crippen LogP contribution in [0.4, 0.5) is 5.69 Å². The molecule has 7 heteroatoms. The lowest BCUT2D eigenvalue weighted by Crippen LogP contribution is -2.46. The number of pyridine rings is 1. The Morgan fingerprint density at radius 1 is 1.13 bits per heavy atom. The van der Waals surface area contributed by atoms with Crippen molar-refractivity contribution in [2.75, 3.05) is 44.6 Å². The van der Waals surface area contributed by atoms with Crippen LogP contribution in [0.5, 0.6) is 0 Å². The van der Waals surface area contributed by atoms with Gasteiger partial charge in [0.15, 0.2) is 6.23 Å². The second-order valence-electron chi connectivity index (χ2n) is 8.01. The van der Waals surface area contributed by atoms with E-state index in [9.17, 15) is 5.11 Å². The van der Waals surface area contributed by atoms with Crippen LogP contribution in [-0.2, 0) is 6.54 Å². The van der Waals surface area contributed by atoms with Crippen LogP contribution in [0.2, 0.25) is 0 Å². The number of H-pyrrole nitrogens is 1. The predicted octanol–water partition coefficient (Wildman–Crippen LogP) is 1.96. The van der Waals surface area contributed by atoms with Gasteiger partial charge in [-0.25, -0.2) is 4.98 Å². The van der Waals surface area contributed by atoms with Crippen LogP contribution >= 0.6 is 0 Å². The minimum Gasteiger partial charge on any atom is -0.395 e. The standard InChI is InChI=1S/C23H27N5O2/c29-11-10-27-6-8-28(9-7-27)15-16-3-4-21-19(12-16)20(23(30)26-21)13-17-14-25-22-18(17)2-1-5-24-22/h1-5,12-14,23,26,29-30H,6-11,15H2,(H,24,25). The summed E-state index contributed by atoms with van der Waals surface area (Å²) in [6, 6.07) is 10.4. The number of benzene rings is 1. The normalized spacial score (nSPS) is 21.3. The molecule has 0 bridgehead atoms. The Morgan fingerprint density at radius 2 is 1.97 bits per heavy atom. The molecule has 7 nitrogen and oxygen atoms in total. The van der Waals surface area contributed by atoms with Gasteiger partial charge in [-0.3, -0.25) is 9.80 Å². The zero-order valence-electron chi connectivity index (χ0n) is 16.9. The third kappa shape index (κ3) is 3.73. The average Bonchev–Trinajstić information content (AvgIpc) is 3.31. The van der Waals surface area contributed by atoms with Crippen molar-refractivity contribution in [2.45, 2.75) is 12.8 Å². The minimum atomic E-state index is -0.723. The maximum absolute atomic E-state index is 10.6. The molecule has 2 aromatic heterocycles. The Balaban J connectivity index is 1.38. The largest absolute Gasteiger partial charge is 0.395 e. The second-order valence-corrected chi connectivity index (χ2v) is 8.01. The number of anilines is 1. The van der Waals surface area contributed by atoms with E-state index in [0.29, 0.717) is 0 Å². The molecule has 0 saturated carbocycles. The van der Waals surface area contributed by atoms with Crippen molar-refractivity contribution in [1.29, 1.82) is 0 Å². The SMILES string of the molecule is OCCN1CCN(Cc2ccc3c(c2)C(=Cc2c[nH]c4ncccc24)C(O)N3)CC1. The number of aromatic nitrogens is 2. The van der Waals surface area contributed by atoms with E-state index in [2.05, 4.69) is 43.3 Å². The highest BCUT2D eigenvalue weighted by atomic mass is 16.3. The Labute approximate surface area is 175 Å². The summed E-state index contributed by atoms with van der Waals surface area (Å²) in [4.78, 5) is 12.3. The van der Waals surface area contributed by atoms with Crippen LogP contribution in [0.1, 0.15) is 16.7 Å². The van der Waals surface area contributed by atoms with Crippen molar-refractivity contribution < 1.29 is 10.2 Å². The summed E-state index contributed by atoms with van der Waals surface area (Å²) in [7, 11) is 0. The molecule has 1 unspecified atom stereocenters. The van der Waals surface area contributed by atoms with E-state index in [0.717, 1.165) is 72.7 Å². The molecular formula is C23H27N5O2. The lowest BCUT2D eigenvalue weighted by atomic mass is 10.0. The maximum Gasteiger partial charge on any atom is 0.151 e. The van der Waals surface area contributed by atoms with Crippen LogP contribution in [-0.4, -0.2) is 75.5 Å². The monoisotopic (exact) mass is 405 g/mol. The number of rotatable bonds is 5. The third-order valence-electron chi connectivity index (χ3n) is 6.06. The highest BCUT2D eigenvalue weighted by molar-refractivity contribution is 5.98. The summed E-state index contributed by atoms with van der Waals surface area (Å²) in [6.45, 7) is 5.86. The fourth-order valence-electron chi connectivity index (χ4n) is 4.42. The number of aromatic amines is 1. The number of nitrogens with zero attached hydrogens (tertiary/aromatic N) is 3. The van der Waals surface area contributed by atoms with Crippen molar-refractivity contribution in [3.63, 3.8) is 0 Å². The van der Waals surface area contributed by atoms with E-state index in [1.807, 2.05) is 24.4 Å². The Bertz CT molecular complexity index is 1070. The summed E-state index contributed by atoms with van der Waals surface area (Å²) in [5, 5.41) is 24.0. The van der Waals surface area contributed by atoms with Gasteiger partial charge in [-0.2, -0.15) is 0 Å². The first kappa shape index (κ1) is 19.3. The van der Waals surface area contributed by atoms with Gasteiger partial charge >= 0.3 is 0 Å². The van der Waals surface area contributed by atoms with Crippen LogP contribution < -0.4 is 5.32 Å². The number of piperazine rings is 1. The van der Waals surface area contributed by atoms with E-state index in [4.69, 9.17) is 5.11 Å². The number of β-amino-alcohol motifs (C(OH)–C–C–N with tert-alkyl or cyclic N) is 1. The molecule has 0 radical (unpaired) electrons. The number of hydrogen-bond donors (Lipinski definition) is 4. The number of aliphatic hydroxyl groups is 2. The lowest BCUT2D eigenvalue weighted by molar-refractivity contribution is 0.108. The van der Waals surface area contributed by atoms with E-state index in [1.54, 1.807) is 6.20 Å².